The van der Waals surface area contributed by atoms with Crippen molar-refractivity contribution < 1.29 is 14.3 Å². The summed E-state index contributed by atoms with van der Waals surface area (Å²) in [7, 11) is 1.75. The van der Waals surface area contributed by atoms with E-state index in [1.165, 1.54) is 0 Å². The number of aromatic nitrogens is 1. The number of carbonyl (C=O) groups is 2. The molecule has 0 bridgehead atoms. The highest BCUT2D eigenvalue weighted by atomic mass is 16.5. The molecule has 2 aromatic carbocycles. The summed E-state index contributed by atoms with van der Waals surface area (Å²) in [6.07, 6.45) is 0.838. The Morgan fingerprint density at radius 2 is 1.44 bits per heavy atom. The molecule has 0 radical (unpaired) electrons. The molecule has 0 unspecified atom stereocenters. The number of ether oxygens (including phenoxy) is 1. The van der Waals surface area contributed by atoms with E-state index >= 15 is 0 Å². The maximum Gasteiger partial charge on any atom is 0.355 e. The number of hydrogen-bond donors (Lipinski definition) is 1. The fraction of sp³-hybridized carbons (Fsp3) is 0.182. The number of carbonyl (C=O) groups excluding carboxylic acids is 2. The van der Waals surface area contributed by atoms with Gasteiger partial charge in [-0.3, -0.25) is 4.79 Å². The van der Waals surface area contributed by atoms with E-state index in [1.54, 1.807) is 36.9 Å². The molecule has 1 heterocycles. The molecular weight excluding hydrogens is 340 g/mol. The Balaban J connectivity index is 1.74. The number of amides is 1. The first-order valence-electron chi connectivity index (χ1n) is 8.79. The molecule has 0 aliphatic heterocycles. The van der Waals surface area contributed by atoms with Crippen LogP contribution in [-0.2, 0) is 16.6 Å². The van der Waals surface area contributed by atoms with Crippen LogP contribution in [0.3, 0.4) is 0 Å². The van der Waals surface area contributed by atoms with Gasteiger partial charge in [-0.15, -0.1) is 0 Å². The lowest BCUT2D eigenvalue weighted by molar-refractivity contribution is -0.129. The first-order chi connectivity index (χ1) is 13.1. The molecule has 1 atom stereocenters. The van der Waals surface area contributed by atoms with Crippen molar-refractivity contribution in [1.82, 2.24) is 9.88 Å². The lowest BCUT2D eigenvalue weighted by atomic mass is 9.98. The van der Waals surface area contributed by atoms with Crippen molar-refractivity contribution >= 4 is 11.9 Å². The van der Waals surface area contributed by atoms with Crippen LogP contribution in [0.1, 0.15) is 34.6 Å². The predicted octanol–water partition coefficient (Wildman–Crippen LogP) is 3.48. The van der Waals surface area contributed by atoms with Crippen molar-refractivity contribution in [3.05, 3.63) is 95.8 Å². The molecule has 5 nitrogen and oxygen atoms in total. The lowest BCUT2D eigenvalue weighted by Crippen LogP contribution is -2.38. The van der Waals surface area contributed by atoms with Crippen LogP contribution in [0.25, 0.3) is 0 Å². The number of benzene rings is 2. The molecule has 0 spiro atoms. The largest absolute Gasteiger partial charge is 0.448 e. The monoisotopic (exact) mass is 362 g/mol. The summed E-state index contributed by atoms with van der Waals surface area (Å²) >= 11 is 0. The van der Waals surface area contributed by atoms with Crippen molar-refractivity contribution in [2.75, 3.05) is 0 Å². The molecule has 0 saturated carbocycles. The van der Waals surface area contributed by atoms with Crippen molar-refractivity contribution in [3.8, 4) is 0 Å². The SMILES string of the molecule is C[C@H](OC(=O)c1cccn1C)C(=O)NC(c1ccccc1)c1ccccc1. The normalized spacial score (nSPS) is 11.8. The van der Waals surface area contributed by atoms with E-state index in [-0.39, 0.29) is 11.9 Å². The summed E-state index contributed by atoms with van der Waals surface area (Å²) in [4.78, 5) is 24.9. The Labute approximate surface area is 158 Å². The van der Waals surface area contributed by atoms with Crippen molar-refractivity contribution in [2.45, 2.75) is 19.1 Å². The van der Waals surface area contributed by atoms with Crippen LogP contribution in [0.5, 0.6) is 0 Å². The molecule has 1 amide bonds. The van der Waals surface area contributed by atoms with Gasteiger partial charge in [0.05, 0.1) is 6.04 Å². The third-order valence-electron chi connectivity index (χ3n) is 4.36. The van der Waals surface area contributed by atoms with Gasteiger partial charge in [-0.25, -0.2) is 4.79 Å². The third kappa shape index (κ3) is 4.44. The van der Waals surface area contributed by atoms with Gasteiger partial charge in [0.15, 0.2) is 6.10 Å². The van der Waals surface area contributed by atoms with Crippen LogP contribution in [-0.4, -0.2) is 22.5 Å². The molecule has 0 aliphatic rings. The average molecular weight is 362 g/mol. The summed E-state index contributed by atoms with van der Waals surface area (Å²) in [5, 5.41) is 2.99. The lowest BCUT2D eigenvalue weighted by Gasteiger charge is -2.22. The van der Waals surface area contributed by atoms with Crippen LogP contribution in [0.2, 0.25) is 0 Å². The van der Waals surface area contributed by atoms with Crippen molar-refractivity contribution in [3.63, 3.8) is 0 Å². The number of nitrogens with one attached hydrogen (secondary N) is 1. The maximum atomic E-state index is 12.7. The predicted molar refractivity (Wildman–Crippen MR) is 103 cm³/mol. The van der Waals surface area contributed by atoms with E-state index in [0.29, 0.717) is 5.69 Å². The van der Waals surface area contributed by atoms with E-state index in [9.17, 15) is 9.59 Å². The summed E-state index contributed by atoms with van der Waals surface area (Å²) in [5.74, 6) is -0.878. The van der Waals surface area contributed by atoms with Crippen LogP contribution in [0.15, 0.2) is 79.0 Å². The van der Waals surface area contributed by atoms with Gasteiger partial charge in [0, 0.05) is 13.2 Å². The highest BCUT2D eigenvalue weighted by Gasteiger charge is 2.24. The fourth-order valence-corrected chi connectivity index (χ4v) is 2.86. The second-order valence-electron chi connectivity index (χ2n) is 6.31. The molecule has 27 heavy (non-hydrogen) atoms. The topological polar surface area (TPSA) is 60.3 Å². The number of aryl methyl sites for hydroxylation is 1. The summed E-state index contributed by atoms with van der Waals surface area (Å²) in [5.41, 5.74) is 2.31. The Morgan fingerprint density at radius 1 is 0.889 bits per heavy atom. The Kier molecular flexibility index (Phi) is 5.71. The minimum absolute atomic E-state index is 0.323. The van der Waals surface area contributed by atoms with E-state index in [4.69, 9.17) is 4.74 Å². The Morgan fingerprint density at radius 3 is 1.93 bits per heavy atom. The van der Waals surface area contributed by atoms with Crippen LogP contribution < -0.4 is 5.32 Å². The number of nitrogens with zero attached hydrogens (tertiary/aromatic N) is 1. The number of rotatable bonds is 6. The molecule has 0 aliphatic carbocycles. The Bertz CT molecular complexity index is 864. The van der Waals surface area contributed by atoms with Gasteiger partial charge in [0.2, 0.25) is 0 Å². The zero-order valence-corrected chi connectivity index (χ0v) is 15.3. The fourth-order valence-electron chi connectivity index (χ4n) is 2.86. The van der Waals surface area contributed by atoms with E-state index in [0.717, 1.165) is 11.1 Å². The molecule has 1 N–H and O–H groups in total. The first kappa shape index (κ1) is 18.5. The van der Waals surface area contributed by atoms with Gasteiger partial charge in [-0.2, -0.15) is 0 Å². The summed E-state index contributed by atoms with van der Waals surface area (Å²) < 4.78 is 6.99. The quantitative estimate of drug-likeness (QED) is 0.683. The highest BCUT2D eigenvalue weighted by Crippen LogP contribution is 2.22. The summed E-state index contributed by atoms with van der Waals surface area (Å²) in [6, 6.07) is 22.5. The van der Waals surface area contributed by atoms with E-state index < -0.39 is 12.1 Å². The molecule has 3 rings (SSSR count). The second kappa shape index (κ2) is 8.36. The van der Waals surface area contributed by atoms with Gasteiger partial charge in [-0.1, -0.05) is 60.7 Å². The molecule has 0 saturated heterocycles. The van der Waals surface area contributed by atoms with Gasteiger partial charge in [-0.05, 0) is 30.2 Å². The van der Waals surface area contributed by atoms with Crippen LogP contribution in [0, 0.1) is 0 Å². The average Bonchev–Trinajstić information content (AvgIpc) is 3.13. The third-order valence-corrected chi connectivity index (χ3v) is 4.36. The zero-order valence-electron chi connectivity index (χ0n) is 15.3. The van der Waals surface area contributed by atoms with Crippen LogP contribution in [0.4, 0.5) is 0 Å². The molecule has 3 aromatic rings. The Hall–Kier alpha value is -3.34. The van der Waals surface area contributed by atoms with Crippen molar-refractivity contribution in [1.29, 1.82) is 0 Å². The maximum absolute atomic E-state index is 12.7. The molecule has 138 valence electrons. The molecular formula is C22H22N2O3. The van der Waals surface area contributed by atoms with Gasteiger partial charge in [0.1, 0.15) is 5.69 Å². The van der Waals surface area contributed by atoms with E-state index in [2.05, 4.69) is 5.32 Å². The first-order valence-corrected chi connectivity index (χ1v) is 8.79. The molecule has 0 fully saturated rings. The molecule has 5 heteroatoms. The minimum Gasteiger partial charge on any atom is -0.448 e. The van der Waals surface area contributed by atoms with Gasteiger partial charge >= 0.3 is 5.97 Å². The summed E-state index contributed by atoms with van der Waals surface area (Å²) in [6.45, 7) is 1.57. The van der Waals surface area contributed by atoms with E-state index in [1.807, 2.05) is 60.7 Å². The second-order valence-corrected chi connectivity index (χ2v) is 6.31. The minimum atomic E-state index is -0.915. The van der Waals surface area contributed by atoms with Crippen molar-refractivity contribution in [2.24, 2.45) is 7.05 Å². The highest BCUT2D eigenvalue weighted by molar-refractivity contribution is 5.91. The van der Waals surface area contributed by atoms with Crippen LogP contribution >= 0.6 is 0 Å². The number of hydrogen-bond acceptors (Lipinski definition) is 3. The van der Waals surface area contributed by atoms with Gasteiger partial charge in [0.25, 0.3) is 5.91 Å². The number of esters is 1. The smallest absolute Gasteiger partial charge is 0.355 e. The zero-order chi connectivity index (χ0) is 19.2. The van der Waals surface area contributed by atoms with Gasteiger partial charge < -0.3 is 14.6 Å². The standard InChI is InChI=1S/C22H22N2O3/c1-16(27-22(26)19-14-9-15-24(19)2)21(25)23-20(17-10-5-3-6-11-17)18-12-7-4-8-13-18/h3-16,20H,1-2H3,(H,23,25)/t16-/m0/s1. The molecule has 1 aromatic heterocycles.